The quantitative estimate of drug-likeness (QED) is 0.644. The van der Waals surface area contributed by atoms with Gasteiger partial charge in [-0.3, -0.25) is 0 Å². The molecule has 66 valence electrons. The number of carboxylic acid groups (broad SMARTS) is 1. The molecule has 8 heteroatoms. The average molecular weight is 181 g/mol. The van der Waals surface area contributed by atoms with Gasteiger partial charge in [-0.25, -0.2) is 4.79 Å². The van der Waals surface area contributed by atoms with Gasteiger partial charge in [-0.05, 0) is 5.21 Å². The molecule has 8 nitrogen and oxygen atoms in total. The van der Waals surface area contributed by atoms with E-state index in [0.29, 0.717) is 0 Å². The van der Waals surface area contributed by atoms with Crippen molar-refractivity contribution in [3.63, 3.8) is 0 Å². The lowest BCUT2D eigenvalue weighted by Gasteiger charge is -1.87. The minimum atomic E-state index is -1.15. The first-order chi connectivity index (χ1) is 6.29. The van der Waals surface area contributed by atoms with Crippen molar-refractivity contribution in [3.05, 3.63) is 11.8 Å². The van der Waals surface area contributed by atoms with Gasteiger partial charge in [0.15, 0.2) is 0 Å². The molecule has 0 amide bonds. The van der Waals surface area contributed by atoms with Crippen LogP contribution < -0.4 is 0 Å². The third kappa shape index (κ3) is 1.13. The van der Waals surface area contributed by atoms with E-state index in [2.05, 4.69) is 30.3 Å². The molecular weight excluding hydrogens is 178 g/mol. The Bertz CT molecular complexity index is 419. The lowest BCUT2D eigenvalue weighted by atomic mass is 10.2. The van der Waals surface area contributed by atoms with E-state index in [9.17, 15) is 4.79 Å². The van der Waals surface area contributed by atoms with Crippen LogP contribution in [-0.4, -0.2) is 36.9 Å². The molecule has 0 aliphatic heterocycles. The zero-order chi connectivity index (χ0) is 9.26. The summed E-state index contributed by atoms with van der Waals surface area (Å²) in [5.41, 5.74) is -0.0959. The number of aromatic amines is 1. The molecule has 0 aliphatic rings. The standard InChI is InChI=1S/C5H3N5O3/c11-5(12)2-1-6-13-3(2)4-7-9-10-8-4/h1H,(H,11,12)(H,7,8,9,10). The number of H-pyrrole nitrogens is 1. The van der Waals surface area contributed by atoms with Gasteiger partial charge in [0, 0.05) is 0 Å². The second-order valence-electron chi connectivity index (χ2n) is 2.11. The smallest absolute Gasteiger partial charge is 0.341 e. The first-order valence-electron chi connectivity index (χ1n) is 3.21. The third-order valence-corrected chi connectivity index (χ3v) is 1.35. The summed E-state index contributed by atoms with van der Waals surface area (Å²) in [6, 6.07) is 0. The summed E-state index contributed by atoms with van der Waals surface area (Å²) < 4.78 is 4.65. The Morgan fingerprint density at radius 1 is 1.62 bits per heavy atom. The fraction of sp³-hybridized carbons (Fsp3) is 0. The number of hydrogen-bond donors (Lipinski definition) is 2. The highest BCUT2D eigenvalue weighted by Gasteiger charge is 2.19. The molecule has 0 atom stereocenters. The predicted molar refractivity (Wildman–Crippen MR) is 36.6 cm³/mol. The van der Waals surface area contributed by atoms with E-state index >= 15 is 0 Å². The second kappa shape index (κ2) is 2.66. The van der Waals surface area contributed by atoms with Crippen LogP contribution in [0.4, 0.5) is 0 Å². The molecular formula is C5H3N5O3. The molecule has 0 spiro atoms. The predicted octanol–water partition coefficient (Wildman–Crippen LogP) is -0.447. The molecule has 0 aliphatic carbocycles. The number of hydrogen-bond acceptors (Lipinski definition) is 6. The van der Waals surface area contributed by atoms with Crippen molar-refractivity contribution in [1.82, 2.24) is 25.8 Å². The Morgan fingerprint density at radius 3 is 3.08 bits per heavy atom. The van der Waals surface area contributed by atoms with Gasteiger partial charge in [0.2, 0.25) is 11.6 Å². The molecule has 2 rings (SSSR count). The normalized spacial score (nSPS) is 10.2. The van der Waals surface area contributed by atoms with Crippen molar-refractivity contribution in [2.24, 2.45) is 0 Å². The van der Waals surface area contributed by atoms with Crippen molar-refractivity contribution in [2.75, 3.05) is 0 Å². The van der Waals surface area contributed by atoms with Gasteiger partial charge >= 0.3 is 5.97 Å². The van der Waals surface area contributed by atoms with E-state index in [0.717, 1.165) is 6.20 Å². The Morgan fingerprint density at radius 2 is 2.46 bits per heavy atom. The highest BCUT2D eigenvalue weighted by molar-refractivity contribution is 5.92. The summed E-state index contributed by atoms with van der Waals surface area (Å²) in [7, 11) is 0. The van der Waals surface area contributed by atoms with Gasteiger partial charge in [-0.1, -0.05) is 5.16 Å². The number of rotatable bonds is 2. The maximum Gasteiger partial charge on any atom is 0.341 e. The SMILES string of the molecule is O=C(O)c1cnoc1-c1nn[nH]n1. The van der Waals surface area contributed by atoms with Crippen molar-refractivity contribution in [3.8, 4) is 11.6 Å². The van der Waals surface area contributed by atoms with Crippen LogP contribution in [0.15, 0.2) is 10.7 Å². The van der Waals surface area contributed by atoms with Crippen molar-refractivity contribution in [2.45, 2.75) is 0 Å². The zero-order valence-electron chi connectivity index (χ0n) is 6.13. The van der Waals surface area contributed by atoms with Gasteiger partial charge in [-0.2, -0.15) is 5.21 Å². The van der Waals surface area contributed by atoms with E-state index in [4.69, 9.17) is 5.11 Å². The van der Waals surface area contributed by atoms with E-state index in [1.807, 2.05) is 0 Å². The number of carboxylic acids is 1. The summed E-state index contributed by atoms with van der Waals surface area (Å²) in [6.07, 6.45) is 1.08. The fourth-order valence-electron chi connectivity index (χ4n) is 0.811. The topological polar surface area (TPSA) is 118 Å². The van der Waals surface area contributed by atoms with Crippen molar-refractivity contribution < 1.29 is 14.4 Å². The van der Waals surface area contributed by atoms with Crippen LogP contribution in [0.2, 0.25) is 0 Å². The monoisotopic (exact) mass is 181 g/mol. The molecule has 2 N–H and O–H groups in total. The molecule has 2 aromatic heterocycles. The first-order valence-corrected chi connectivity index (χ1v) is 3.21. The van der Waals surface area contributed by atoms with Gasteiger partial charge in [0.05, 0.1) is 6.20 Å². The van der Waals surface area contributed by atoms with Gasteiger partial charge in [0.1, 0.15) is 5.56 Å². The molecule has 0 unspecified atom stereocenters. The van der Waals surface area contributed by atoms with E-state index in [1.165, 1.54) is 0 Å². The third-order valence-electron chi connectivity index (χ3n) is 1.35. The number of carbonyl (C=O) groups is 1. The molecule has 0 saturated heterocycles. The van der Waals surface area contributed by atoms with Gasteiger partial charge in [0.25, 0.3) is 0 Å². The largest absolute Gasteiger partial charge is 0.477 e. The van der Waals surface area contributed by atoms with Crippen LogP contribution in [0.3, 0.4) is 0 Å². The van der Waals surface area contributed by atoms with Crippen molar-refractivity contribution >= 4 is 5.97 Å². The Balaban J connectivity index is 2.52. The molecule has 0 saturated carbocycles. The van der Waals surface area contributed by atoms with Gasteiger partial charge in [-0.15, -0.1) is 10.2 Å². The van der Waals surface area contributed by atoms with Crippen LogP contribution in [0.5, 0.6) is 0 Å². The van der Waals surface area contributed by atoms with Crippen LogP contribution in [0, 0.1) is 0 Å². The number of nitrogens with zero attached hydrogens (tertiary/aromatic N) is 4. The average Bonchev–Trinajstić information content (AvgIpc) is 2.74. The number of nitrogens with one attached hydrogen (secondary N) is 1. The van der Waals surface area contributed by atoms with Crippen molar-refractivity contribution in [1.29, 1.82) is 0 Å². The Labute approximate surface area is 70.5 Å². The van der Waals surface area contributed by atoms with Crippen LogP contribution in [-0.2, 0) is 0 Å². The molecule has 0 fully saturated rings. The van der Waals surface area contributed by atoms with Crippen LogP contribution in [0.25, 0.3) is 11.6 Å². The highest BCUT2D eigenvalue weighted by Crippen LogP contribution is 2.17. The van der Waals surface area contributed by atoms with Crippen LogP contribution >= 0.6 is 0 Å². The maximum absolute atomic E-state index is 10.6. The minimum absolute atomic E-state index is 0.0127. The van der Waals surface area contributed by atoms with E-state index in [1.54, 1.807) is 0 Å². The lowest BCUT2D eigenvalue weighted by Crippen LogP contribution is -1.96. The molecule has 0 radical (unpaired) electrons. The summed E-state index contributed by atoms with van der Waals surface area (Å²) in [4.78, 5) is 10.6. The molecule has 0 bridgehead atoms. The zero-order valence-corrected chi connectivity index (χ0v) is 6.13. The Hall–Kier alpha value is -2.25. The van der Waals surface area contributed by atoms with Gasteiger partial charge < -0.3 is 9.63 Å². The number of aromatic carboxylic acids is 1. The summed E-state index contributed by atoms with van der Waals surface area (Å²) >= 11 is 0. The maximum atomic E-state index is 10.6. The minimum Gasteiger partial charge on any atom is -0.477 e. The number of tetrazole rings is 1. The Kier molecular flexibility index (Phi) is 1.51. The lowest BCUT2D eigenvalue weighted by molar-refractivity contribution is 0.0697. The highest BCUT2D eigenvalue weighted by atomic mass is 16.5. The fourth-order valence-corrected chi connectivity index (χ4v) is 0.811. The molecule has 0 aromatic carbocycles. The number of aromatic nitrogens is 5. The van der Waals surface area contributed by atoms with E-state index < -0.39 is 5.97 Å². The first kappa shape index (κ1) is 7.40. The summed E-state index contributed by atoms with van der Waals surface area (Å²) in [5.74, 6) is -1.10. The molecule has 2 heterocycles. The van der Waals surface area contributed by atoms with Crippen LogP contribution in [0.1, 0.15) is 10.4 Å². The molecule has 13 heavy (non-hydrogen) atoms. The van der Waals surface area contributed by atoms with E-state index in [-0.39, 0.29) is 17.1 Å². The molecule has 2 aromatic rings. The second-order valence-corrected chi connectivity index (χ2v) is 2.11. The summed E-state index contributed by atoms with van der Waals surface area (Å²) in [6.45, 7) is 0. The summed E-state index contributed by atoms with van der Waals surface area (Å²) in [5, 5.41) is 24.5.